The normalized spacial score (nSPS) is 12.1. The molecule has 0 aromatic heterocycles. The lowest BCUT2D eigenvalue weighted by molar-refractivity contribution is -0.160. The average molecular weight is 676 g/mol. The zero-order valence-electron chi connectivity index (χ0n) is 31.1. The van der Waals surface area contributed by atoms with Gasteiger partial charge in [0.15, 0.2) is 0 Å². The Kier molecular flexibility index (Phi) is 34.3. The van der Waals surface area contributed by atoms with Crippen LogP contribution in [-0.2, 0) is 28.7 Å². The summed E-state index contributed by atoms with van der Waals surface area (Å²) in [5.41, 5.74) is 5.80. The Balaban J connectivity index is 3.67. The molecule has 278 valence electrons. The van der Waals surface area contributed by atoms with Gasteiger partial charge < -0.3 is 15.2 Å². The fourth-order valence-electron chi connectivity index (χ4n) is 5.54. The summed E-state index contributed by atoms with van der Waals surface area (Å²) < 4.78 is 9.70. The first kappa shape index (κ1) is 45.7. The van der Waals surface area contributed by atoms with E-state index in [9.17, 15) is 19.2 Å². The zero-order chi connectivity index (χ0) is 35.3. The first-order valence-corrected chi connectivity index (χ1v) is 19.9. The number of hydrogen-bond donors (Lipinski definition) is 1. The Hall–Kier alpha value is -2.28. The molecule has 0 heterocycles. The maximum atomic E-state index is 12.1. The van der Waals surface area contributed by atoms with Crippen LogP contribution in [0.2, 0.25) is 0 Å². The summed E-state index contributed by atoms with van der Waals surface area (Å²) in [4.78, 5) is 48.1. The first-order chi connectivity index (χ1) is 23.4. The van der Waals surface area contributed by atoms with Crippen LogP contribution in [0, 0.1) is 0 Å². The van der Waals surface area contributed by atoms with E-state index >= 15 is 0 Å². The van der Waals surface area contributed by atoms with Gasteiger partial charge in [-0.3, -0.25) is 14.4 Å². The summed E-state index contributed by atoms with van der Waals surface area (Å²) in [5.74, 6) is -2.70. The van der Waals surface area contributed by atoms with Crippen LogP contribution in [0.1, 0.15) is 206 Å². The van der Waals surface area contributed by atoms with Gasteiger partial charge in [0.05, 0.1) is 0 Å². The second-order valence-electron chi connectivity index (χ2n) is 13.5. The van der Waals surface area contributed by atoms with E-state index in [1.54, 1.807) is 0 Å². The molecule has 0 aliphatic rings. The van der Waals surface area contributed by atoms with Gasteiger partial charge in [-0.2, -0.15) is 0 Å². The van der Waals surface area contributed by atoms with Crippen molar-refractivity contribution in [1.82, 2.24) is 0 Å². The van der Waals surface area contributed by atoms with Crippen LogP contribution in [0.4, 0.5) is 0 Å². The van der Waals surface area contributed by atoms with E-state index in [-0.39, 0.29) is 25.7 Å². The third-order valence-electron chi connectivity index (χ3n) is 8.69. The van der Waals surface area contributed by atoms with Crippen LogP contribution in [0.3, 0.4) is 0 Å². The summed E-state index contributed by atoms with van der Waals surface area (Å²) in [6.45, 7) is 4.49. The lowest BCUT2D eigenvalue weighted by Gasteiger charge is -2.10. The maximum Gasteiger partial charge on any atom is 0.330 e. The van der Waals surface area contributed by atoms with Crippen molar-refractivity contribution in [2.45, 2.75) is 213 Å². The molecule has 7 nitrogen and oxygen atoms in total. The van der Waals surface area contributed by atoms with Crippen molar-refractivity contribution in [3.8, 4) is 0 Å². The predicted molar refractivity (Wildman–Crippen MR) is 198 cm³/mol. The lowest BCUT2D eigenvalue weighted by Crippen LogP contribution is -2.34. The number of ether oxygens (including phenoxy) is 2. The van der Waals surface area contributed by atoms with Crippen molar-refractivity contribution in [3.05, 3.63) is 24.3 Å². The topological polar surface area (TPSA) is 113 Å². The van der Waals surface area contributed by atoms with E-state index in [2.05, 4.69) is 38.2 Å². The highest BCUT2D eigenvalue weighted by atomic mass is 16.6. The molecule has 0 rings (SSSR count). The van der Waals surface area contributed by atoms with Crippen molar-refractivity contribution in [3.63, 3.8) is 0 Å². The van der Waals surface area contributed by atoms with E-state index in [0.29, 0.717) is 12.8 Å². The van der Waals surface area contributed by atoms with Crippen LogP contribution >= 0.6 is 0 Å². The highest BCUT2D eigenvalue weighted by molar-refractivity contribution is 5.89. The largest absolute Gasteiger partial charge is 0.393 e. The number of rotatable bonds is 34. The quantitative estimate of drug-likeness (QED) is 0.0312. The second kappa shape index (κ2) is 36.0. The van der Waals surface area contributed by atoms with E-state index < -0.39 is 29.9 Å². The molecule has 48 heavy (non-hydrogen) atoms. The summed E-state index contributed by atoms with van der Waals surface area (Å²) in [5, 5.41) is 0. The van der Waals surface area contributed by atoms with Crippen molar-refractivity contribution in [2.24, 2.45) is 5.73 Å². The maximum absolute atomic E-state index is 12.1. The van der Waals surface area contributed by atoms with Crippen LogP contribution in [-0.4, -0.2) is 29.9 Å². The van der Waals surface area contributed by atoms with Gasteiger partial charge in [0, 0.05) is 19.3 Å². The van der Waals surface area contributed by atoms with Crippen molar-refractivity contribution >= 4 is 23.9 Å². The van der Waals surface area contributed by atoms with Crippen LogP contribution in [0.5, 0.6) is 0 Å². The molecule has 1 atom stereocenters. The minimum Gasteiger partial charge on any atom is -0.393 e. The molecule has 2 N–H and O–H groups in total. The Morgan fingerprint density at radius 3 is 1.15 bits per heavy atom. The molecule has 0 bridgehead atoms. The predicted octanol–water partition coefficient (Wildman–Crippen LogP) is 11.3. The minimum atomic E-state index is -1.11. The molecular formula is C41H73NO6. The molecule has 0 amide bonds. The molecule has 0 saturated carbocycles. The first-order valence-electron chi connectivity index (χ1n) is 19.9. The summed E-state index contributed by atoms with van der Waals surface area (Å²) in [6.07, 6.45) is 39.7. The monoisotopic (exact) mass is 676 g/mol. The lowest BCUT2D eigenvalue weighted by atomic mass is 10.1. The molecule has 0 unspecified atom stereocenters. The molecular weight excluding hydrogens is 602 g/mol. The van der Waals surface area contributed by atoms with E-state index in [1.807, 2.05) is 0 Å². The highest BCUT2D eigenvalue weighted by Gasteiger charge is 2.21. The number of carbonyl (C=O) groups excluding carboxylic acids is 4. The van der Waals surface area contributed by atoms with Gasteiger partial charge in [0.25, 0.3) is 0 Å². The van der Waals surface area contributed by atoms with Gasteiger partial charge in [-0.1, -0.05) is 141 Å². The molecule has 0 aliphatic heterocycles. The molecule has 0 fully saturated rings. The van der Waals surface area contributed by atoms with Gasteiger partial charge in [-0.15, -0.1) is 0 Å². The summed E-state index contributed by atoms with van der Waals surface area (Å²) >= 11 is 0. The number of allylic oxidation sites excluding steroid dienone is 4. The number of hydrogen-bond acceptors (Lipinski definition) is 7. The zero-order valence-corrected chi connectivity index (χ0v) is 31.1. The highest BCUT2D eigenvalue weighted by Crippen LogP contribution is 2.13. The van der Waals surface area contributed by atoms with Crippen LogP contribution in [0.25, 0.3) is 0 Å². The number of carbonyl (C=O) groups is 4. The van der Waals surface area contributed by atoms with E-state index in [0.717, 1.165) is 64.2 Å². The van der Waals surface area contributed by atoms with Crippen LogP contribution < -0.4 is 5.73 Å². The smallest absolute Gasteiger partial charge is 0.330 e. The number of esters is 4. The molecule has 0 aliphatic carbocycles. The molecule has 0 saturated heterocycles. The van der Waals surface area contributed by atoms with Crippen molar-refractivity contribution in [2.75, 3.05) is 0 Å². The Morgan fingerprint density at radius 1 is 0.438 bits per heavy atom. The molecule has 0 aromatic carbocycles. The van der Waals surface area contributed by atoms with Gasteiger partial charge in [-0.25, -0.2) is 4.79 Å². The standard InChI is InChI=1S/C41H73NO6/c1-3-5-7-9-11-13-15-17-19-21-23-25-27-29-31-33-38(43)47-40(45)36-35-37(42)41(46)48-39(44)34-32-30-28-26-24-22-20-18-16-14-12-10-8-6-4-2/h17-20,37H,3-16,21-36,42H2,1-2H3/b19-17-,20-18-/t37-/m0/s1. The summed E-state index contributed by atoms with van der Waals surface area (Å²) in [6, 6.07) is -1.11. The Bertz CT molecular complexity index is 852. The third-order valence-corrected chi connectivity index (χ3v) is 8.69. The number of unbranched alkanes of at least 4 members (excludes halogenated alkanes) is 22. The minimum absolute atomic E-state index is 0.0426. The molecule has 0 radical (unpaired) electrons. The van der Waals surface area contributed by atoms with Crippen molar-refractivity contribution < 1.29 is 28.7 Å². The van der Waals surface area contributed by atoms with E-state index in [1.165, 1.54) is 89.9 Å². The van der Waals surface area contributed by atoms with Gasteiger partial charge >= 0.3 is 23.9 Å². The molecule has 0 spiro atoms. The third kappa shape index (κ3) is 33.6. The van der Waals surface area contributed by atoms with Crippen molar-refractivity contribution in [1.29, 1.82) is 0 Å². The SMILES string of the molecule is CCCCCCCC/C=C\CCCCCCCC(=O)OC(=O)CC[C@H](N)C(=O)OC(=O)CCCCCCC/C=C\CCCCCCCC. The Labute approximate surface area is 294 Å². The molecule has 7 heteroatoms. The fourth-order valence-corrected chi connectivity index (χ4v) is 5.54. The second-order valence-corrected chi connectivity index (χ2v) is 13.5. The van der Waals surface area contributed by atoms with Crippen LogP contribution in [0.15, 0.2) is 24.3 Å². The average Bonchev–Trinajstić information content (AvgIpc) is 3.07. The fraction of sp³-hybridized carbons (Fsp3) is 0.805. The Morgan fingerprint density at radius 2 is 0.750 bits per heavy atom. The molecule has 0 aromatic rings. The number of nitrogens with two attached hydrogens (primary N) is 1. The van der Waals surface area contributed by atoms with E-state index in [4.69, 9.17) is 15.2 Å². The van der Waals surface area contributed by atoms with Gasteiger partial charge in [0.1, 0.15) is 6.04 Å². The van der Waals surface area contributed by atoms with Gasteiger partial charge in [-0.05, 0) is 70.6 Å². The van der Waals surface area contributed by atoms with Gasteiger partial charge in [0.2, 0.25) is 0 Å². The summed E-state index contributed by atoms with van der Waals surface area (Å²) in [7, 11) is 0.